The van der Waals surface area contributed by atoms with Crippen LogP contribution in [-0.2, 0) is 48.3 Å². The molecule has 1 N–H and O–H groups in total. The molecule has 2 aliphatic heterocycles. The van der Waals surface area contributed by atoms with Crippen LogP contribution in [0.2, 0.25) is 0 Å². The van der Waals surface area contributed by atoms with Gasteiger partial charge in [0, 0.05) is 0 Å². The van der Waals surface area contributed by atoms with E-state index in [0.29, 0.717) is 6.61 Å². The van der Waals surface area contributed by atoms with Crippen LogP contribution in [0.5, 0.6) is 0 Å². The molecular formula is C28H28O7. The fraction of sp³-hybridized carbons (Fsp3) is 0.321. The average molecular weight is 477 g/mol. The predicted octanol–water partition coefficient (Wildman–Crippen LogP) is 3.95. The number of rotatable bonds is 10. The molecule has 182 valence electrons. The van der Waals surface area contributed by atoms with Crippen LogP contribution in [0.4, 0.5) is 0 Å². The molecule has 2 aliphatic rings. The van der Waals surface area contributed by atoms with Gasteiger partial charge in [0.1, 0.15) is 18.3 Å². The molecule has 2 heterocycles. The summed E-state index contributed by atoms with van der Waals surface area (Å²) in [5.41, 5.74) is 1.16. The zero-order chi connectivity index (χ0) is 24.1. The molecule has 3 aromatic rings. The van der Waals surface area contributed by atoms with Gasteiger partial charge in [-0.05, 0) is 16.7 Å². The van der Waals surface area contributed by atoms with E-state index in [1.54, 1.807) is 0 Å². The van der Waals surface area contributed by atoms with Gasteiger partial charge >= 0.3 is 5.97 Å². The molecule has 0 aromatic heterocycles. The van der Waals surface area contributed by atoms with Gasteiger partial charge in [0.05, 0.1) is 26.4 Å². The summed E-state index contributed by atoms with van der Waals surface area (Å²) in [5.74, 6) is -1.15. The Balaban J connectivity index is 1.43. The van der Waals surface area contributed by atoms with Crippen molar-refractivity contribution in [3.05, 3.63) is 108 Å². The Kier molecular flexibility index (Phi) is 7.22. The first kappa shape index (κ1) is 23.7. The van der Waals surface area contributed by atoms with Gasteiger partial charge in [-0.1, -0.05) is 91.0 Å². The predicted molar refractivity (Wildman–Crippen MR) is 126 cm³/mol. The fourth-order valence-corrected chi connectivity index (χ4v) is 4.50. The Hall–Kier alpha value is -3.07. The number of fused-ring (bicyclic) bond motifs is 2. The topological polar surface area (TPSA) is 83.5 Å². The van der Waals surface area contributed by atoms with E-state index in [-0.39, 0.29) is 19.8 Å². The van der Waals surface area contributed by atoms with E-state index in [9.17, 15) is 9.90 Å². The van der Waals surface area contributed by atoms with Gasteiger partial charge in [0.2, 0.25) is 5.60 Å². The summed E-state index contributed by atoms with van der Waals surface area (Å²) in [6, 6.07) is 29.0. The first-order valence-corrected chi connectivity index (χ1v) is 11.7. The van der Waals surface area contributed by atoms with Crippen LogP contribution in [0, 0.1) is 0 Å². The van der Waals surface area contributed by atoms with Crippen molar-refractivity contribution in [2.24, 2.45) is 0 Å². The second kappa shape index (κ2) is 10.7. The molecule has 0 radical (unpaired) electrons. The summed E-state index contributed by atoms with van der Waals surface area (Å²) in [6.45, 7) is 0.615. The molecule has 3 aromatic carbocycles. The summed E-state index contributed by atoms with van der Waals surface area (Å²) >= 11 is 0. The number of carbonyl (C=O) groups is 1. The van der Waals surface area contributed by atoms with Gasteiger partial charge in [-0.2, -0.15) is 0 Å². The van der Waals surface area contributed by atoms with E-state index < -0.39 is 36.2 Å². The van der Waals surface area contributed by atoms with Gasteiger partial charge < -0.3 is 28.8 Å². The SMILES string of the molecule is O=C(O)[C@@]12CO[C@@H](O1)[C@@H](OCc1ccccc1)[C@@H](OCc1ccccc1)[C@@H]2OCc1ccccc1. The molecule has 5 atom stereocenters. The maximum atomic E-state index is 12.5. The third-order valence-electron chi connectivity index (χ3n) is 6.34. The van der Waals surface area contributed by atoms with Crippen LogP contribution in [0.3, 0.4) is 0 Å². The Morgan fingerprint density at radius 1 is 0.743 bits per heavy atom. The van der Waals surface area contributed by atoms with Crippen molar-refractivity contribution in [1.82, 2.24) is 0 Å². The Labute approximate surface area is 204 Å². The summed E-state index contributed by atoms with van der Waals surface area (Å²) in [7, 11) is 0. The van der Waals surface area contributed by atoms with Crippen molar-refractivity contribution in [3.63, 3.8) is 0 Å². The van der Waals surface area contributed by atoms with E-state index >= 15 is 0 Å². The zero-order valence-electron chi connectivity index (χ0n) is 19.2. The van der Waals surface area contributed by atoms with Crippen LogP contribution in [0.25, 0.3) is 0 Å². The number of carboxylic acid groups (broad SMARTS) is 1. The summed E-state index contributed by atoms with van der Waals surface area (Å²) in [4.78, 5) is 12.5. The number of hydrogen-bond donors (Lipinski definition) is 1. The van der Waals surface area contributed by atoms with Crippen molar-refractivity contribution >= 4 is 5.97 Å². The maximum Gasteiger partial charge on any atom is 0.341 e. The van der Waals surface area contributed by atoms with Crippen molar-refractivity contribution in [1.29, 1.82) is 0 Å². The van der Waals surface area contributed by atoms with Gasteiger partial charge in [0.25, 0.3) is 0 Å². The standard InChI is InChI=1S/C28H28O7/c29-27(30)28-19-34-26(35-28)24(32-17-21-12-6-2-7-13-21)23(31-16-20-10-4-1-5-11-20)25(28)33-18-22-14-8-3-9-15-22/h1-15,23-26H,16-19H2,(H,29,30)/t23-,24+,25+,26+,28+/m1/s1. The van der Waals surface area contributed by atoms with Crippen LogP contribution in [-0.4, -0.2) is 47.9 Å². The van der Waals surface area contributed by atoms with E-state index in [4.69, 9.17) is 23.7 Å². The molecule has 0 amide bonds. The van der Waals surface area contributed by atoms with Gasteiger partial charge in [0.15, 0.2) is 6.29 Å². The summed E-state index contributed by atoms with van der Waals surface area (Å²) < 4.78 is 30.7. The highest BCUT2D eigenvalue weighted by Crippen LogP contribution is 2.42. The van der Waals surface area contributed by atoms with Crippen LogP contribution >= 0.6 is 0 Å². The highest BCUT2D eigenvalue weighted by atomic mass is 16.8. The lowest BCUT2D eigenvalue weighted by atomic mass is 9.88. The fourth-order valence-electron chi connectivity index (χ4n) is 4.50. The van der Waals surface area contributed by atoms with E-state index in [0.717, 1.165) is 16.7 Å². The van der Waals surface area contributed by atoms with E-state index in [1.165, 1.54) is 0 Å². The molecule has 35 heavy (non-hydrogen) atoms. The second-order valence-corrected chi connectivity index (χ2v) is 8.73. The molecule has 0 aliphatic carbocycles. The van der Waals surface area contributed by atoms with Gasteiger partial charge in [-0.3, -0.25) is 0 Å². The maximum absolute atomic E-state index is 12.5. The zero-order valence-corrected chi connectivity index (χ0v) is 19.2. The molecule has 5 rings (SSSR count). The minimum absolute atomic E-state index is 0.150. The van der Waals surface area contributed by atoms with Gasteiger partial charge in [-0.15, -0.1) is 0 Å². The first-order valence-electron chi connectivity index (χ1n) is 11.7. The molecular weight excluding hydrogens is 448 g/mol. The summed E-state index contributed by atoms with van der Waals surface area (Å²) in [6.07, 6.45) is -3.26. The van der Waals surface area contributed by atoms with Crippen molar-refractivity contribution in [3.8, 4) is 0 Å². The summed E-state index contributed by atoms with van der Waals surface area (Å²) in [5, 5.41) is 10.2. The molecule has 7 nitrogen and oxygen atoms in total. The quantitative estimate of drug-likeness (QED) is 0.474. The number of hydrogen-bond acceptors (Lipinski definition) is 6. The largest absolute Gasteiger partial charge is 0.479 e. The molecule has 7 heteroatoms. The minimum Gasteiger partial charge on any atom is -0.479 e. The lowest BCUT2D eigenvalue weighted by molar-refractivity contribution is -0.291. The lowest BCUT2D eigenvalue weighted by Gasteiger charge is -2.44. The second-order valence-electron chi connectivity index (χ2n) is 8.73. The Morgan fingerprint density at radius 3 is 1.69 bits per heavy atom. The normalized spacial score (nSPS) is 27.5. The Morgan fingerprint density at radius 2 is 1.20 bits per heavy atom. The highest BCUT2D eigenvalue weighted by molar-refractivity contribution is 5.79. The molecule has 2 bridgehead atoms. The average Bonchev–Trinajstić information content (AvgIpc) is 3.30. The number of aliphatic carboxylic acids is 1. The number of ether oxygens (including phenoxy) is 5. The molecule has 2 fully saturated rings. The third kappa shape index (κ3) is 5.15. The van der Waals surface area contributed by atoms with Crippen LogP contribution in [0.15, 0.2) is 91.0 Å². The third-order valence-corrected chi connectivity index (χ3v) is 6.34. The molecule has 0 spiro atoms. The monoisotopic (exact) mass is 476 g/mol. The highest BCUT2D eigenvalue weighted by Gasteiger charge is 2.65. The van der Waals surface area contributed by atoms with Crippen molar-refractivity contribution < 1.29 is 33.6 Å². The van der Waals surface area contributed by atoms with Gasteiger partial charge in [-0.25, -0.2) is 4.79 Å². The number of benzene rings is 3. The van der Waals surface area contributed by atoms with Crippen LogP contribution < -0.4 is 0 Å². The van der Waals surface area contributed by atoms with Crippen LogP contribution in [0.1, 0.15) is 16.7 Å². The van der Waals surface area contributed by atoms with E-state index in [1.807, 2.05) is 91.0 Å². The smallest absolute Gasteiger partial charge is 0.341 e. The van der Waals surface area contributed by atoms with Crippen molar-refractivity contribution in [2.45, 2.75) is 50.0 Å². The minimum atomic E-state index is -1.69. The molecule has 0 unspecified atom stereocenters. The molecule has 0 saturated carbocycles. The van der Waals surface area contributed by atoms with Crippen molar-refractivity contribution in [2.75, 3.05) is 6.61 Å². The molecule has 2 saturated heterocycles. The lowest BCUT2D eigenvalue weighted by Crippen LogP contribution is -2.66. The van der Waals surface area contributed by atoms with E-state index in [2.05, 4.69) is 0 Å². The first-order chi connectivity index (χ1) is 17.2. The Bertz CT molecular complexity index is 1090. The number of carboxylic acids is 1.